The molecule has 0 fully saturated rings. The SMILES string of the molecule is C#CCN(CCNCC)c1cc(-c2n[nH]c3ccc(OCCOC)cc23)ncn1. The Morgan fingerprint density at radius 3 is 2.93 bits per heavy atom. The van der Waals surface area contributed by atoms with Crippen molar-refractivity contribution in [2.45, 2.75) is 6.92 Å². The summed E-state index contributed by atoms with van der Waals surface area (Å²) in [4.78, 5) is 10.9. The predicted molar refractivity (Wildman–Crippen MR) is 114 cm³/mol. The summed E-state index contributed by atoms with van der Waals surface area (Å²) < 4.78 is 10.8. The number of ether oxygens (including phenoxy) is 2. The third-order valence-electron chi connectivity index (χ3n) is 4.40. The fourth-order valence-corrected chi connectivity index (χ4v) is 2.95. The number of hydrogen-bond donors (Lipinski definition) is 2. The van der Waals surface area contributed by atoms with Crippen LogP contribution in [0.2, 0.25) is 0 Å². The van der Waals surface area contributed by atoms with Gasteiger partial charge in [0.2, 0.25) is 0 Å². The van der Waals surface area contributed by atoms with Crippen molar-refractivity contribution in [3.63, 3.8) is 0 Å². The van der Waals surface area contributed by atoms with Crippen molar-refractivity contribution in [1.29, 1.82) is 0 Å². The highest BCUT2D eigenvalue weighted by molar-refractivity contribution is 5.93. The van der Waals surface area contributed by atoms with Crippen LogP contribution in [-0.4, -0.2) is 66.7 Å². The second-order valence-electron chi connectivity index (χ2n) is 6.36. The van der Waals surface area contributed by atoms with Crippen LogP contribution in [0.15, 0.2) is 30.6 Å². The quantitative estimate of drug-likeness (QED) is 0.380. The van der Waals surface area contributed by atoms with E-state index < -0.39 is 0 Å². The molecule has 0 atom stereocenters. The molecule has 1 aromatic carbocycles. The molecule has 8 heteroatoms. The van der Waals surface area contributed by atoms with Gasteiger partial charge in [-0.1, -0.05) is 12.8 Å². The lowest BCUT2D eigenvalue weighted by atomic mass is 10.1. The Balaban J connectivity index is 1.88. The lowest BCUT2D eigenvalue weighted by Gasteiger charge is -2.21. The van der Waals surface area contributed by atoms with Gasteiger partial charge in [0.05, 0.1) is 24.4 Å². The number of rotatable bonds is 11. The Hall–Kier alpha value is -3.15. The van der Waals surface area contributed by atoms with Gasteiger partial charge in [-0.05, 0) is 24.7 Å². The number of aromatic nitrogens is 4. The normalized spacial score (nSPS) is 10.8. The molecular weight excluding hydrogens is 368 g/mol. The van der Waals surface area contributed by atoms with Crippen molar-refractivity contribution in [2.75, 3.05) is 51.4 Å². The van der Waals surface area contributed by atoms with Gasteiger partial charge in [-0.2, -0.15) is 5.10 Å². The van der Waals surface area contributed by atoms with E-state index in [0.717, 1.165) is 53.5 Å². The maximum Gasteiger partial charge on any atom is 0.133 e. The van der Waals surface area contributed by atoms with Gasteiger partial charge in [-0.25, -0.2) is 9.97 Å². The summed E-state index contributed by atoms with van der Waals surface area (Å²) in [5.74, 6) is 4.23. The minimum Gasteiger partial charge on any atom is -0.491 e. The Bertz CT molecular complexity index is 965. The highest BCUT2D eigenvalue weighted by atomic mass is 16.5. The van der Waals surface area contributed by atoms with E-state index in [-0.39, 0.29) is 0 Å². The number of H-pyrrole nitrogens is 1. The topological polar surface area (TPSA) is 88.2 Å². The molecule has 2 heterocycles. The molecular formula is C21H26N6O2. The minimum absolute atomic E-state index is 0.473. The first-order chi connectivity index (χ1) is 14.3. The van der Waals surface area contributed by atoms with E-state index in [2.05, 4.69) is 38.3 Å². The summed E-state index contributed by atoms with van der Waals surface area (Å²) in [6.07, 6.45) is 7.09. The second-order valence-corrected chi connectivity index (χ2v) is 6.36. The molecule has 0 aliphatic rings. The molecule has 0 radical (unpaired) electrons. The molecule has 0 saturated heterocycles. The van der Waals surface area contributed by atoms with Crippen molar-refractivity contribution in [3.8, 4) is 29.5 Å². The van der Waals surface area contributed by atoms with Crippen molar-refractivity contribution in [1.82, 2.24) is 25.5 Å². The summed E-state index contributed by atoms with van der Waals surface area (Å²) in [7, 11) is 1.65. The van der Waals surface area contributed by atoms with Gasteiger partial charge in [-0.3, -0.25) is 5.10 Å². The van der Waals surface area contributed by atoms with Crippen LogP contribution in [-0.2, 0) is 4.74 Å². The Kier molecular flexibility index (Phi) is 7.39. The molecule has 0 aliphatic heterocycles. The van der Waals surface area contributed by atoms with Gasteiger partial charge >= 0.3 is 0 Å². The van der Waals surface area contributed by atoms with Crippen LogP contribution in [0.25, 0.3) is 22.3 Å². The van der Waals surface area contributed by atoms with E-state index in [9.17, 15) is 0 Å². The zero-order valence-electron chi connectivity index (χ0n) is 16.8. The van der Waals surface area contributed by atoms with Crippen LogP contribution in [0, 0.1) is 12.3 Å². The van der Waals surface area contributed by atoms with Crippen LogP contribution >= 0.6 is 0 Å². The Morgan fingerprint density at radius 1 is 1.24 bits per heavy atom. The molecule has 0 unspecified atom stereocenters. The van der Waals surface area contributed by atoms with Gasteiger partial charge in [0.15, 0.2) is 0 Å². The average molecular weight is 394 g/mol. The molecule has 2 aromatic heterocycles. The lowest BCUT2D eigenvalue weighted by molar-refractivity contribution is 0.146. The smallest absolute Gasteiger partial charge is 0.133 e. The van der Waals surface area contributed by atoms with E-state index in [1.54, 1.807) is 13.4 Å². The number of benzene rings is 1. The maximum absolute atomic E-state index is 5.73. The van der Waals surface area contributed by atoms with Crippen molar-refractivity contribution in [2.24, 2.45) is 0 Å². The third kappa shape index (κ3) is 5.22. The number of hydrogen-bond acceptors (Lipinski definition) is 7. The number of fused-ring (bicyclic) bond motifs is 1. The average Bonchev–Trinajstić information content (AvgIpc) is 3.17. The number of aromatic amines is 1. The molecule has 8 nitrogen and oxygen atoms in total. The summed E-state index contributed by atoms with van der Waals surface area (Å²) in [5, 5.41) is 11.7. The number of anilines is 1. The van der Waals surface area contributed by atoms with Gasteiger partial charge in [0.25, 0.3) is 0 Å². The molecule has 3 aromatic rings. The number of nitrogens with zero attached hydrogens (tertiary/aromatic N) is 4. The minimum atomic E-state index is 0.473. The molecule has 0 spiro atoms. The molecule has 152 valence electrons. The van der Waals surface area contributed by atoms with E-state index in [4.69, 9.17) is 15.9 Å². The highest BCUT2D eigenvalue weighted by Crippen LogP contribution is 2.29. The van der Waals surface area contributed by atoms with E-state index in [0.29, 0.717) is 19.8 Å². The standard InChI is InChI=1S/C21H26N6O2/c1-4-9-27(10-8-22-5-2)20-14-19(23-15-24-20)21-17-13-16(29-12-11-28-3)6-7-18(17)25-26-21/h1,6-7,13-15,22H,5,8-12H2,2-3H3,(H,25,26). The first kappa shape index (κ1) is 20.6. The number of terminal acetylenes is 1. The largest absolute Gasteiger partial charge is 0.491 e. The monoisotopic (exact) mass is 394 g/mol. The highest BCUT2D eigenvalue weighted by Gasteiger charge is 2.14. The molecule has 0 aliphatic carbocycles. The van der Waals surface area contributed by atoms with Crippen LogP contribution in [0.1, 0.15) is 6.92 Å². The van der Waals surface area contributed by atoms with Crippen molar-refractivity contribution >= 4 is 16.7 Å². The van der Waals surface area contributed by atoms with Crippen LogP contribution in [0.3, 0.4) is 0 Å². The second kappa shape index (κ2) is 10.4. The fourth-order valence-electron chi connectivity index (χ4n) is 2.95. The predicted octanol–water partition coefficient (Wildman–Crippen LogP) is 2.09. The number of nitrogens with one attached hydrogen (secondary N) is 2. The number of methoxy groups -OCH3 is 1. The Morgan fingerprint density at radius 2 is 2.14 bits per heavy atom. The van der Waals surface area contributed by atoms with E-state index in [1.165, 1.54) is 0 Å². The molecule has 3 rings (SSSR count). The van der Waals surface area contributed by atoms with E-state index in [1.807, 2.05) is 29.2 Å². The van der Waals surface area contributed by atoms with Gasteiger partial charge in [-0.15, -0.1) is 6.42 Å². The van der Waals surface area contributed by atoms with Crippen molar-refractivity contribution < 1.29 is 9.47 Å². The lowest BCUT2D eigenvalue weighted by Crippen LogP contribution is -2.33. The summed E-state index contributed by atoms with van der Waals surface area (Å²) >= 11 is 0. The zero-order chi connectivity index (χ0) is 20.5. The summed E-state index contributed by atoms with van der Waals surface area (Å²) in [5.41, 5.74) is 2.38. The van der Waals surface area contributed by atoms with E-state index >= 15 is 0 Å². The van der Waals surface area contributed by atoms with Crippen molar-refractivity contribution in [3.05, 3.63) is 30.6 Å². The summed E-state index contributed by atoms with van der Waals surface area (Å²) in [6.45, 7) is 6.05. The Labute approximate surface area is 170 Å². The first-order valence-electron chi connectivity index (χ1n) is 9.58. The molecule has 0 saturated carbocycles. The fraction of sp³-hybridized carbons (Fsp3) is 0.381. The zero-order valence-corrected chi connectivity index (χ0v) is 16.8. The van der Waals surface area contributed by atoms with Gasteiger partial charge < -0.3 is 19.7 Å². The number of likely N-dealkylation sites (N-methyl/N-ethyl adjacent to an activating group) is 1. The van der Waals surface area contributed by atoms with Gasteiger partial charge in [0, 0.05) is 31.7 Å². The molecule has 2 N–H and O–H groups in total. The summed E-state index contributed by atoms with van der Waals surface area (Å²) in [6, 6.07) is 7.71. The van der Waals surface area contributed by atoms with Crippen LogP contribution in [0.5, 0.6) is 5.75 Å². The van der Waals surface area contributed by atoms with Crippen LogP contribution in [0.4, 0.5) is 5.82 Å². The molecule has 0 bridgehead atoms. The first-order valence-corrected chi connectivity index (χ1v) is 9.58. The van der Waals surface area contributed by atoms with Crippen LogP contribution < -0.4 is 15.0 Å². The molecule has 0 amide bonds. The van der Waals surface area contributed by atoms with Gasteiger partial charge in [0.1, 0.15) is 30.2 Å². The molecule has 29 heavy (non-hydrogen) atoms. The third-order valence-corrected chi connectivity index (χ3v) is 4.40. The maximum atomic E-state index is 5.73.